The Morgan fingerprint density at radius 1 is 0.521 bits per heavy atom. The summed E-state index contributed by atoms with van der Waals surface area (Å²) in [6.07, 6.45) is 2.16. The van der Waals surface area contributed by atoms with Gasteiger partial charge in [0.15, 0.2) is 5.58 Å². The first-order valence-corrected chi connectivity index (χ1v) is 18.2. The monoisotopic (exact) mass is 631 g/mol. The SMILES string of the molecule is C=S(C)c1cccc2c1oc1c(-n3c4ccccc4c4ccc5c(c43)-c3ccccc3C53c4ccccc4-c4ccccc43)cccc12. The lowest BCUT2D eigenvalue weighted by atomic mass is 9.70. The van der Waals surface area contributed by atoms with E-state index >= 15 is 0 Å². The van der Waals surface area contributed by atoms with Crippen molar-refractivity contribution in [2.45, 2.75) is 10.3 Å². The molecule has 9 aromatic rings. The zero-order valence-electron chi connectivity index (χ0n) is 26.3. The molecule has 0 amide bonds. The van der Waals surface area contributed by atoms with E-state index in [9.17, 15) is 0 Å². The number of hydrogen-bond donors (Lipinski definition) is 0. The molecule has 0 radical (unpaired) electrons. The average molecular weight is 632 g/mol. The number of hydrogen-bond acceptors (Lipinski definition) is 1. The zero-order valence-corrected chi connectivity index (χ0v) is 27.1. The fourth-order valence-corrected chi connectivity index (χ4v) is 9.89. The third-order valence-electron chi connectivity index (χ3n) is 10.9. The van der Waals surface area contributed by atoms with Crippen LogP contribution in [0.1, 0.15) is 22.3 Å². The lowest BCUT2D eigenvalue weighted by Gasteiger charge is -2.30. The van der Waals surface area contributed by atoms with E-state index in [0.717, 1.165) is 32.5 Å². The van der Waals surface area contributed by atoms with Crippen molar-refractivity contribution in [1.29, 1.82) is 0 Å². The van der Waals surface area contributed by atoms with Gasteiger partial charge in [-0.25, -0.2) is 0 Å². The van der Waals surface area contributed by atoms with Gasteiger partial charge < -0.3 is 8.98 Å². The Hall–Kier alpha value is -5.64. The van der Waals surface area contributed by atoms with Gasteiger partial charge in [-0.1, -0.05) is 133 Å². The van der Waals surface area contributed by atoms with Gasteiger partial charge in [-0.3, -0.25) is 0 Å². The molecular formula is C45H29NOS. The predicted octanol–water partition coefficient (Wildman–Crippen LogP) is 11.7. The van der Waals surface area contributed by atoms with Crippen LogP contribution in [0.5, 0.6) is 0 Å². The van der Waals surface area contributed by atoms with Crippen LogP contribution in [0.15, 0.2) is 155 Å². The molecule has 2 nitrogen and oxygen atoms in total. The lowest BCUT2D eigenvalue weighted by Crippen LogP contribution is -2.25. The van der Waals surface area contributed by atoms with Crippen molar-refractivity contribution in [3.63, 3.8) is 0 Å². The first-order valence-electron chi connectivity index (χ1n) is 16.4. The van der Waals surface area contributed by atoms with E-state index in [1.807, 2.05) is 0 Å². The summed E-state index contributed by atoms with van der Waals surface area (Å²) in [4.78, 5) is 1.16. The standard InChI is InChI=1S/C45H29NOS/c1-48(2)40-24-12-18-32-31-17-11-23-39(43(31)47-44(32)40)46-38-22-10-6-15-29(38)30-25-26-37-41(42(30)46)33-16-5-9-21-36(33)45(37)34-19-7-3-13-27(34)28-14-4-8-20-35(28)45/h3-26H,1H2,2H3. The third-order valence-corrected chi connectivity index (χ3v) is 11.9. The maximum Gasteiger partial charge on any atom is 0.159 e. The lowest BCUT2D eigenvalue weighted by molar-refractivity contribution is 0.658. The van der Waals surface area contributed by atoms with E-state index in [1.54, 1.807) is 0 Å². The van der Waals surface area contributed by atoms with Crippen LogP contribution in [-0.4, -0.2) is 16.7 Å². The second-order valence-corrected chi connectivity index (χ2v) is 14.9. The highest BCUT2D eigenvalue weighted by atomic mass is 32.2. The van der Waals surface area contributed by atoms with Crippen molar-refractivity contribution in [2.24, 2.45) is 0 Å². The summed E-state index contributed by atoms with van der Waals surface area (Å²) in [7, 11) is -0.185. The van der Waals surface area contributed by atoms with Crippen molar-refractivity contribution in [2.75, 3.05) is 6.26 Å². The Morgan fingerprint density at radius 3 is 1.83 bits per heavy atom. The van der Waals surface area contributed by atoms with Gasteiger partial charge in [-0.15, -0.1) is 0 Å². The highest BCUT2D eigenvalue weighted by molar-refractivity contribution is 8.13. The van der Waals surface area contributed by atoms with Crippen LogP contribution in [-0.2, 0) is 5.41 Å². The summed E-state index contributed by atoms with van der Waals surface area (Å²) >= 11 is 0. The van der Waals surface area contributed by atoms with Gasteiger partial charge in [-0.2, -0.15) is 10.5 Å². The number of aromatic nitrogens is 1. The Kier molecular flexibility index (Phi) is 5.09. The maximum atomic E-state index is 6.92. The first kappa shape index (κ1) is 26.4. The van der Waals surface area contributed by atoms with Crippen molar-refractivity contribution in [3.05, 3.63) is 168 Å². The molecule has 0 fully saturated rings. The minimum atomic E-state index is -0.403. The van der Waals surface area contributed by atoms with Crippen LogP contribution in [0.4, 0.5) is 0 Å². The number of benzene rings is 7. The summed E-state index contributed by atoms with van der Waals surface area (Å²) in [5.41, 5.74) is 15.5. The quantitative estimate of drug-likeness (QED) is 0.174. The van der Waals surface area contributed by atoms with E-state index in [2.05, 4.69) is 162 Å². The van der Waals surface area contributed by atoms with E-state index in [0.29, 0.717) is 0 Å². The summed E-state index contributed by atoms with van der Waals surface area (Å²) < 4.78 is 9.40. The van der Waals surface area contributed by atoms with Crippen molar-refractivity contribution in [3.8, 4) is 27.9 Å². The van der Waals surface area contributed by atoms with Crippen LogP contribution in [0.3, 0.4) is 0 Å². The second kappa shape index (κ2) is 9.25. The summed E-state index contributed by atoms with van der Waals surface area (Å²) in [5.74, 6) is 4.37. The highest BCUT2D eigenvalue weighted by Crippen LogP contribution is 2.64. The Balaban J connectivity index is 1.34. The fourth-order valence-electron chi connectivity index (χ4n) is 9.11. The van der Waals surface area contributed by atoms with Crippen molar-refractivity contribution in [1.82, 2.24) is 4.57 Å². The number of fused-ring (bicyclic) bond motifs is 17. The van der Waals surface area contributed by atoms with E-state index in [-0.39, 0.29) is 10.5 Å². The summed E-state index contributed by atoms with van der Waals surface area (Å²) in [6.45, 7) is 0. The largest absolute Gasteiger partial charge is 0.453 e. The van der Waals surface area contributed by atoms with Crippen molar-refractivity contribution >= 4 is 60.1 Å². The first-order chi connectivity index (χ1) is 23.7. The van der Waals surface area contributed by atoms with Crippen molar-refractivity contribution < 1.29 is 4.42 Å². The minimum Gasteiger partial charge on any atom is -0.453 e. The molecule has 11 rings (SSSR count). The van der Waals surface area contributed by atoms with Crippen LogP contribution < -0.4 is 0 Å². The number of para-hydroxylation sites is 3. The molecule has 3 heteroatoms. The number of rotatable bonds is 2. The van der Waals surface area contributed by atoms with E-state index < -0.39 is 5.41 Å². The van der Waals surface area contributed by atoms with Gasteiger partial charge in [0.1, 0.15) is 5.58 Å². The Bertz CT molecular complexity index is 2840. The number of furan rings is 1. The Morgan fingerprint density at radius 2 is 1.10 bits per heavy atom. The molecule has 0 saturated carbocycles. The molecule has 2 aliphatic rings. The molecule has 2 aromatic heterocycles. The van der Waals surface area contributed by atoms with Gasteiger partial charge >= 0.3 is 0 Å². The molecule has 2 heterocycles. The zero-order chi connectivity index (χ0) is 31.7. The summed E-state index contributed by atoms with van der Waals surface area (Å²) in [5, 5.41) is 4.76. The normalized spacial score (nSPS) is 14.5. The van der Waals surface area contributed by atoms with Gasteiger partial charge in [0, 0.05) is 32.0 Å². The molecule has 0 saturated heterocycles. The Labute approximate surface area is 280 Å². The molecule has 2 aliphatic carbocycles. The molecule has 48 heavy (non-hydrogen) atoms. The smallest absolute Gasteiger partial charge is 0.159 e. The van der Waals surface area contributed by atoms with Gasteiger partial charge in [0.05, 0.1) is 22.1 Å². The van der Waals surface area contributed by atoms with Crippen LogP contribution in [0.25, 0.3) is 71.7 Å². The van der Waals surface area contributed by atoms with E-state index in [4.69, 9.17) is 4.42 Å². The highest BCUT2D eigenvalue weighted by Gasteiger charge is 2.52. The molecule has 1 unspecified atom stereocenters. The fraction of sp³-hybridized carbons (Fsp3) is 0.0444. The topological polar surface area (TPSA) is 18.1 Å². The van der Waals surface area contributed by atoms with E-state index in [1.165, 1.54) is 66.3 Å². The minimum absolute atomic E-state index is 0.185. The maximum absolute atomic E-state index is 6.92. The average Bonchev–Trinajstić information content (AvgIpc) is 3.85. The molecule has 1 atom stereocenters. The molecule has 226 valence electrons. The van der Waals surface area contributed by atoms with Crippen LogP contribution >= 0.6 is 10.5 Å². The van der Waals surface area contributed by atoms with Gasteiger partial charge in [0.25, 0.3) is 0 Å². The molecule has 0 bridgehead atoms. The third kappa shape index (κ3) is 3.04. The van der Waals surface area contributed by atoms with Gasteiger partial charge in [0.2, 0.25) is 0 Å². The molecule has 7 aromatic carbocycles. The molecule has 0 aliphatic heterocycles. The predicted molar refractivity (Wildman–Crippen MR) is 203 cm³/mol. The van der Waals surface area contributed by atoms with Gasteiger partial charge in [-0.05, 0) is 63.4 Å². The molecule has 1 spiro atoms. The second-order valence-electron chi connectivity index (χ2n) is 13.1. The summed E-state index contributed by atoms with van der Waals surface area (Å²) in [6, 6.07) is 53.8. The van der Waals surface area contributed by atoms with Crippen LogP contribution in [0.2, 0.25) is 0 Å². The number of nitrogens with zero attached hydrogens (tertiary/aromatic N) is 1. The molecular weight excluding hydrogens is 603 g/mol. The van der Waals surface area contributed by atoms with Crippen LogP contribution in [0, 0.1) is 0 Å². The molecule has 0 N–H and O–H groups in total.